The summed E-state index contributed by atoms with van der Waals surface area (Å²) in [6, 6.07) is 16.2. The molecule has 0 aliphatic carbocycles. The zero-order valence-corrected chi connectivity index (χ0v) is 15.8. The summed E-state index contributed by atoms with van der Waals surface area (Å²) in [5.74, 6) is 1.21. The molecule has 1 heterocycles. The van der Waals surface area contributed by atoms with Crippen LogP contribution in [0.3, 0.4) is 0 Å². The molecule has 0 saturated carbocycles. The van der Waals surface area contributed by atoms with Crippen LogP contribution in [0.4, 0.5) is 0 Å². The number of ether oxygens (including phenoxy) is 1. The Balaban J connectivity index is 1.69. The number of nitrogens with one attached hydrogen (secondary N) is 2. The molecule has 26 heavy (non-hydrogen) atoms. The third kappa shape index (κ3) is 8.12. The van der Waals surface area contributed by atoms with Gasteiger partial charge in [-0.3, -0.25) is 9.98 Å². The van der Waals surface area contributed by atoms with Crippen molar-refractivity contribution in [1.82, 2.24) is 15.6 Å². The Bertz CT molecular complexity index is 631. The van der Waals surface area contributed by atoms with Gasteiger partial charge in [0, 0.05) is 37.9 Å². The summed E-state index contributed by atoms with van der Waals surface area (Å²) < 4.78 is 5.79. The van der Waals surface area contributed by atoms with Crippen molar-refractivity contribution in [2.45, 2.75) is 26.9 Å². The van der Waals surface area contributed by atoms with Crippen LogP contribution in [0.5, 0.6) is 0 Å². The van der Waals surface area contributed by atoms with Gasteiger partial charge in [0.05, 0.1) is 13.2 Å². The SMILES string of the molecule is CCNC(=NCC(C)COCc1ccccc1)NCCc1ccccn1. The molecule has 5 nitrogen and oxygen atoms in total. The van der Waals surface area contributed by atoms with Crippen molar-refractivity contribution in [3.05, 3.63) is 66.0 Å². The molecule has 2 rings (SSSR count). The lowest BCUT2D eigenvalue weighted by atomic mass is 10.2. The molecule has 2 aromatic rings. The molecule has 1 aromatic heterocycles. The number of rotatable bonds is 10. The van der Waals surface area contributed by atoms with Crippen LogP contribution in [0.2, 0.25) is 0 Å². The first kappa shape index (κ1) is 19.9. The molecule has 2 N–H and O–H groups in total. The Hall–Kier alpha value is -2.40. The van der Waals surface area contributed by atoms with Crippen molar-refractivity contribution < 1.29 is 4.74 Å². The molecule has 0 bridgehead atoms. The molecule has 0 radical (unpaired) electrons. The van der Waals surface area contributed by atoms with Gasteiger partial charge in [0.2, 0.25) is 0 Å². The van der Waals surface area contributed by atoms with Gasteiger partial charge in [-0.05, 0) is 30.5 Å². The summed E-state index contributed by atoms with van der Waals surface area (Å²) in [5.41, 5.74) is 2.28. The van der Waals surface area contributed by atoms with E-state index < -0.39 is 0 Å². The maximum Gasteiger partial charge on any atom is 0.191 e. The number of guanidine groups is 1. The number of benzene rings is 1. The van der Waals surface area contributed by atoms with E-state index in [2.05, 4.69) is 46.6 Å². The molecular weight excluding hydrogens is 324 g/mol. The molecule has 1 unspecified atom stereocenters. The lowest BCUT2D eigenvalue weighted by molar-refractivity contribution is 0.0945. The number of pyridine rings is 1. The third-order valence-electron chi connectivity index (χ3n) is 3.82. The van der Waals surface area contributed by atoms with Gasteiger partial charge in [0.15, 0.2) is 5.96 Å². The van der Waals surface area contributed by atoms with E-state index in [4.69, 9.17) is 4.74 Å². The lowest BCUT2D eigenvalue weighted by Gasteiger charge is -2.14. The number of aliphatic imine (C=N–C) groups is 1. The fraction of sp³-hybridized carbons (Fsp3) is 0.429. The van der Waals surface area contributed by atoms with Crippen LogP contribution in [-0.2, 0) is 17.8 Å². The molecule has 0 fully saturated rings. The predicted octanol–water partition coefficient (Wildman–Crippen LogP) is 3.03. The molecule has 0 amide bonds. The summed E-state index contributed by atoms with van der Waals surface area (Å²) in [7, 11) is 0. The minimum Gasteiger partial charge on any atom is -0.376 e. The molecule has 1 aromatic carbocycles. The van der Waals surface area contributed by atoms with Gasteiger partial charge in [-0.25, -0.2) is 0 Å². The van der Waals surface area contributed by atoms with Crippen molar-refractivity contribution >= 4 is 5.96 Å². The predicted molar refractivity (Wildman–Crippen MR) is 107 cm³/mol. The monoisotopic (exact) mass is 354 g/mol. The summed E-state index contributed by atoms with van der Waals surface area (Å²) in [6.45, 7) is 7.96. The first-order valence-electron chi connectivity index (χ1n) is 9.31. The topological polar surface area (TPSA) is 58.5 Å². The Morgan fingerprint density at radius 2 is 1.92 bits per heavy atom. The van der Waals surface area contributed by atoms with Crippen LogP contribution in [0.15, 0.2) is 59.7 Å². The van der Waals surface area contributed by atoms with Crippen LogP contribution < -0.4 is 10.6 Å². The van der Waals surface area contributed by atoms with Crippen LogP contribution in [-0.4, -0.2) is 37.2 Å². The van der Waals surface area contributed by atoms with Gasteiger partial charge >= 0.3 is 0 Å². The fourth-order valence-electron chi connectivity index (χ4n) is 2.45. The van der Waals surface area contributed by atoms with Crippen molar-refractivity contribution in [1.29, 1.82) is 0 Å². The molecule has 140 valence electrons. The first-order chi connectivity index (χ1) is 12.8. The Morgan fingerprint density at radius 1 is 1.12 bits per heavy atom. The second-order valence-electron chi connectivity index (χ2n) is 6.32. The second kappa shape index (κ2) is 12.0. The molecular formula is C21H30N4O. The quantitative estimate of drug-likeness (QED) is 0.509. The Morgan fingerprint density at radius 3 is 2.65 bits per heavy atom. The van der Waals surface area contributed by atoms with Crippen molar-refractivity contribution in [2.75, 3.05) is 26.2 Å². The molecule has 0 aliphatic heterocycles. The zero-order chi connectivity index (χ0) is 18.5. The van der Waals surface area contributed by atoms with Gasteiger partial charge in [-0.1, -0.05) is 43.3 Å². The van der Waals surface area contributed by atoms with Gasteiger partial charge < -0.3 is 15.4 Å². The van der Waals surface area contributed by atoms with Crippen molar-refractivity contribution in [3.63, 3.8) is 0 Å². The average Bonchev–Trinajstić information content (AvgIpc) is 2.68. The molecule has 0 aliphatic rings. The highest BCUT2D eigenvalue weighted by Crippen LogP contribution is 2.03. The minimum atomic E-state index is 0.366. The maximum absolute atomic E-state index is 5.79. The van der Waals surface area contributed by atoms with E-state index in [1.54, 1.807) is 0 Å². The number of nitrogens with zero attached hydrogens (tertiary/aromatic N) is 2. The zero-order valence-electron chi connectivity index (χ0n) is 15.8. The number of hydrogen-bond donors (Lipinski definition) is 2. The van der Waals surface area contributed by atoms with E-state index in [9.17, 15) is 0 Å². The van der Waals surface area contributed by atoms with E-state index in [1.165, 1.54) is 5.56 Å². The molecule has 0 saturated heterocycles. The van der Waals surface area contributed by atoms with Crippen LogP contribution in [0.25, 0.3) is 0 Å². The van der Waals surface area contributed by atoms with Crippen molar-refractivity contribution in [3.8, 4) is 0 Å². The van der Waals surface area contributed by atoms with E-state index in [0.717, 1.165) is 37.7 Å². The largest absolute Gasteiger partial charge is 0.376 e. The van der Waals surface area contributed by atoms with Crippen molar-refractivity contribution in [2.24, 2.45) is 10.9 Å². The highest BCUT2D eigenvalue weighted by Gasteiger charge is 2.04. The Labute approximate surface area is 156 Å². The van der Waals surface area contributed by atoms with Crippen LogP contribution >= 0.6 is 0 Å². The first-order valence-corrected chi connectivity index (χ1v) is 9.31. The highest BCUT2D eigenvalue weighted by atomic mass is 16.5. The van der Waals surface area contributed by atoms with E-state index in [0.29, 0.717) is 19.1 Å². The number of hydrogen-bond acceptors (Lipinski definition) is 3. The minimum absolute atomic E-state index is 0.366. The summed E-state index contributed by atoms with van der Waals surface area (Å²) in [5, 5.41) is 6.65. The maximum atomic E-state index is 5.79. The Kier molecular flexibility index (Phi) is 9.22. The normalized spacial score (nSPS) is 12.6. The van der Waals surface area contributed by atoms with E-state index in [1.807, 2.05) is 42.6 Å². The second-order valence-corrected chi connectivity index (χ2v) is 6.32. The summed E-state index contributed by atoms with van der Waals surface area (Å²) in [4.78, 5) is 9.00. The van der Waals surface area contributed by atoms with E-state index in [-0.39, 0.29) is 0 Å². The fourth-order valence-corrected chi connectivity index (χ4v) is 2.45. The van der Waals surface area contributed by atoms with Gasteiger partial charge in [-0.15, -0.1) is 0 Å². The molecule has 5 heteroatoms. The van der Waals surface area contributed by atoms with Crippen LogP contribution in [0.1, 0.15) is 25.1 Å². The van der Waals surface area contributed by atoms with Gasteiger partial charge in [0.1, 0.15) is 0 Å². The van der Waals surface area contributed by atoms with Crippen LogP contribution in [0, 0.1) is 5.92 Å². The standard InChI is InChI=1S/C21H30N4O/c1-3-22-21(24-14-12-20-11-7-8-13-23-20)25-15-18(2)16-26-17-19-9-5-4-6-10-19/h4-11,13,18H,3,12,14-17H2,1-2H3,(H2,22,24,25). The smallest absolute Gasteiger partial charge is 0.191 e. The molecule has 1 atom stereocenters. The average molecular weight is 354 g/mol. The van der Waals surface area contributed by atoms with Gasteiger partial charge in [0.25, 0.3) is 0 Å². The highest BCUT2D eigenvalue weighted by molar-refractivity contribution is 5.79. The number of aromatic nitrogens is 1. The molecule has 0 spiro atoms. The summed E-state index contributed by atoms with van der Waals surface area (Å²) >= 11 is 0. The van der Waals surface area contributed by atoms with Gasteiger partial charge in [-0.2, -0.15) is 0 Å². The summed E-state index contributed by atoms with van der Waals surface area (Å²) in [6.07, 6.45) is 2.70. The lowest BCUT2D eigenvalue weighted by Crippen LogP contribution is -2.38. The van der Waals surface area contributed by atoms with E-state index >= 15 is 0 Å². The third-order valence-corrected chi connectivity index (χ3v) is 3.82.